The molecule has 0 spiro atoms. The number of carbonyl (C=O) groups excluding carboxylic acids is 1. The summed E-state index contributed by atoms with van der Waals surface area (Å²) in [7, 11) is 2.99. The van der Waals surface area contributed by atoms with Crippen molar-refractivity contribution in [2.24, 2.45) is 11.6 Å². The van der Waals surface area contributed by atoms with Crippen LogP contribution in [0.3, 0.4) is 0 Å². The quantitative estimate of drug-likeness (QED) is 0.518. The monoisotopic (exact) mass is 360 g/mol. The number of ether oxygens (including phenoxy) is 1. The van der Waals surface area contributed by atoms with E-state index in [0.717, 1.165) is 0 Å². The fourth-order valence-corrected chi connectivity index (χ4v) is 2.20. The van der Waals surface area contributed by atoms with E-state index in [-0.39, 0.29) is 18.0 Å². The first-order valence-electron chi connectivity index (χ1n) is 7.71. The fraction of sp³-hybridized carbons (Fsp3) is 0.235. The van der Waals surface area contributed by atoms with Gasteiger partial charge in [0.2, 0.25) is 0 Å². The Morgan fingerprint density at radius 1 is 1.35 bits per heavy atom. The van der Waals surface area contributed by atoms with Gasteiger partial charge in [-0.25, -0.2) is 20.2 Å². The molecule has 1 amide bonds. The van der Waals surface area contributed by atoms with E-state index in [9.17, 15) is 9.18 Å². The minimum atomic E-state index is -0.467. The lowest BCUT2D eigenvalue weighted by molar-refractivity contribution is 0.0945. The Bertz CT molecular complexity index is 838. The zero-order chi connectivity index (χ0) is 19.3. The molecule has 2 aromatic rings. The number of aryl methyl sites for hydroxylation is 1. The number of hydrazine groups is 1. The Balaban J connectivity index is 2.16. The zero-order valence-electron chi connectivity index (χ0n) is 14.8. The number of nitrogens with zero attached hydrogens (tertiary/aromatic N) is 3. The molecule has 0 saturated heterocycles. The van der Waals surface area contributed by atoms with Crippen molar-refractivity contribution >= 4 is 11.6 Å². The van der Waals surface area contributed by atoms with Gasteiger partial charge in [-0.05, 0) is 30.7 Å². The third-order valence-electron chi connectivity index (χ3n) is 3.38. The molecule has 0 bridgehead atoms. The lowest BCUT2D eigenvalue weighted by atomic mass is 10.2. The van der Waals surface area contributed by atoms with Crippen molar-refractivity contribution in [2.75, 3.05) is 14.2 Å². The molecule has 1 heterocycles. The highest BCUT2D eigenvalue weighted by atomic mass is 19.1. The van der Waals surface area contributed by atoms with Gasteiger partial charge in [0.15, 0.2) is 11.6 Å². The van der Waals surface area contributed by atoms with Gasteiger partial charge in [0.25, 0.3) is 5.91 Å². The van der Waals surface area contributed by atoms with Gasteiger partial charge in [-0.3, -0.25) is 4.79 Å². The minimum absolute atomic E-state index is 0.112. The van der Waals surface area contributed by atoms with E-state index in [2.05, 4.69) is 15.3 Å². The molecule has 0 aliphatic carbocycles. The lowest BCUT2D eigenvalue weighted by Gasteiger charge is -2.10. The van der Waals surface area contributed by atoms with Crippen LogP contribution in [0.4, 0.5) is 4.39 Å². The summed E-state index contributed by atoms with van der Waals surface area (Å²) >= 11 is 0. The Hall–Kier alpha value is -3.20. The number of rotatable bonds is 6. The van der Waals surface area contributed by atoms with Crippen LogP contribution in [0.2, 0.25) is 0 Å². The summed E-state index contributed by atoms with van der Waals surface area (Å²) < 4.78 is 18.4. The first-order valence-corrected chi connectivity index (χ1v) is 7.71. The molecule has 9 heteroatoms. The minimum Gasteiger partial charge on any atom is -0.494 e. The van der Waals surface area contributed by atoms with Gasteiger partial charge < -0.3 is 20.8 Å². The van der Waals surface area contributed by atoms with E-state index in [1.165, 1.54) is 36.5 Å². The molecule has 0 fully saturated rings. The maximum absolute atomic E-state index is 13.4. The molecular formula is C17H21FN6O2. The number of hydrogen-bond acceptors (Lipinski definition) is 7. The van der Waals surface area contributed by atoms with Crippen LogP contribution in [0.15, 0.2) is 30.5 Å². The number of halogens is 1. The van der Waals surface area contributed by atoms with Crippen molar-refractivity contribution < 1.29 is 13.9 Å². The molecule has 0 radical (unpaired) electrons. The second-order valence-electron chi connectivity index (χ2n) is 5.59. The highest BCUT2D eigenvalue weighted by Gasteiger charge is 2.12. The maximum atomic E-state index is 13.4. The third-order valence-corrected chi connectivity index (χ3v) is 3.38. The van der Waals surface area contributed by atoms with E-state index >= 15 is 0 Å². The zero-order valence-corrected chi connectivity index (χ0v) is 14.8. The summed E-state index contributed by atoms with van der Waals surface area (Å²) in [6.45, 7) is 1.84. The Labute approximate surface area is 150 Å². The Morgan fingerprint density at radius 3 is 2.69 bits per heavy atom. The molecule has 8 nitrogen and oxygen atoms in total. The smallest absolute Gasteiger partial charge is 0.270 e. The maximum Gasteiger partial charge on any atom is 0.270 e. The number of aromatic nitrogens is 2. The second-order valence-corrected chi connectivity index (χ2v) is 5.59. The third kappa shape index (κ3) is 4.90. The van der Waals surface area contributed by atoms with Crippen LogP contribution in [0.25, 0.3) is 5.70 Å². The number of carbonyl (C=O) groups is 1. The van der Waals surface area contributed by atoms with Gasteiger partial charge >= 0.3 is 0 Å². The van der Waals surface area contributed by atoms with Crippen LogP contribution in [0.5, 0.6) is 5.75 Å². The molecule has 1 aromatic heterocycles. The number of benzene rings is 1. The van der Waals surface area contributed by atoms with Gasteiger partial charge in [0, 0.05) is 19.8 Å². The molecular weight excluding hydrogens is 339 g/mol. The van der Waals surface area contributed by atoms with Gasteiger partial charge in [0.1, 0.15) is 11.5 Å². The standard InChI is InChI=1S/C17H21FN6O2/c1-10-22-14(13(19)9-24(2)20)7-15(23-10)17(25)21-8-11-4-5-12(18)16(6-11)26-3/h4-7,9H,8,19-20H2,1-3H3,(H,21,25)/b13-9-. The molecule has 0 unspecified atom stereocenters. The summed E-state index contributed by atoms with van der Waals surface area (Å²) in [5.74, 6) is 5.16. The van der Waals surface area contributed by atoms with E-state index in [1.54, 1.807) is 20.0 Å². The number of nitrogens with two attached hydrogens (primary N) is 2. The molecule has 138 valence electrons. The van der Waals surface area contributed by atoms with E-state index < -0.39 is 11.7 Å². The normalized spacial score (nSPS) is 11.2. The molecule has 1 aromatic carbocycles. The molecule has 0 saturated carbocycles. The largest absolute Gasteiger partial charge is 0.494 e. The van der Waals surface area contributed by atoms with Crippen LogP contribution in [-0.2, 0) is 6.54 Å². The Kier molecular flexibility index (Phi) is 6.07. The van der Waals surface area contributed by atoms with Crippen LogP contribution in [0.1, 0.15) is 27.6 Å². The average molecular weight is 360 g/mol. The predicted octanol–water partition coefficient (Wildman–Crippen LogP) is 0.925. The highest BCUT2D eigenvalue weighted by Crippen LogP contribution is 2.18. The van der Waals surface area contributed by atoms with E-state index in [1.807, 2.05) is 0 Å². The van der Waals surface area contributed by atoms with Gasteiger partial charge in [0.05, 0.1) is 18.5 Å². The SMILES string of the molecule is COc1cc(CNC(=O)c2cc(/C(N)=C/N(C)N)nc(C)n2)ccc1F. The molecule has 2 rings (SSSR count). The van der Waals surface area contributed by atoms with Crippen molar-refractivity contribution in [3.63, 3.8) is 0 Å². The number of nitrogens with one attached hydrogen (secondary N) is 1. The lowest BCUT2D eigenvalue weighted by Crippen LogP contribution is -2.25. The van der Waals surface area contributed by atoms with Crippen molar-refractivity contribution in [3.8, 4) is 5.75 Å². The number of amides is 1. The molecule has 26 heavy (non-hydrogen) atoms. The van der Waals surface area contributed by atoms with Crippen LogP contribution in [0, 0.1) is 12.7 Å². The summed E-state index contributed by atoms with van der Waals surface area (Å²) in [5.41, 5.74) is 7.46. The average Bonchev–Trinajstić information content (AvgIpc) is 2.59. The van der Waals surface area contributed by atoms with Gasteiger partial charge in [-0.1, -0.05) is 6.07 Å². The summed E-state index contributed by atoms with van der Waals surface area (Å²) in [6, 6.07) is 5.83. The molecule has 0 aliphatic rings. The van der Waals surface area contributed by atoms with E-state index in [4.69, 9.17) is 16.3 Å². The summed E-state index contributed by atoms with van der Waals surface area (Å²) in [5, 5.41) is 4.00. The summed E-state index contributed by atoms with van der Waals surface area (Å²) in [4.78, 5) is 20.7. The van der Waals surface area contributed by atoms with Crippen LogP contribution < -0.4 is 21.6 Å². The van der Waals surface area contributed by atoms with Crippen LogP contribution >= 0.6 is 0 Å². The highest BCUT2D eigenvalue weighted by molar-refractivity contribution is 5.92. The van der Waals surface area contributed by atoms with Crippen molar-refractivity contribution in [1.82, 2.24) is 20.3 Å². The van der Waals surface area contributed by atoms with Crippen molar-refractivity contribution in [1.29, 1.82) is 0 Å². The first kappa shape index (κ1) is 19.1. The number of hydrogen-bond donors (Lipinski definition) is 3. The first-order chi connectivity index (χ1) is 12.3. The Morgan fingerprint density at radius 2 is 2.04 bits per heavy atom. The predicted molar refractivity (Wildman–Crippen MR) is 95.0 cm³/mol. The van der Waals surface area contributed by atoms with Crippen molar-refractivity contribution in [2.45, 2.75) is 13.5 Å². The van der Waals surface area contributed by atoms with Crippen LogP contribution in [-0.4, -0.2) is 35.0 Å². The van der Waals surface area contributed by atoms with Gasteiger partial charge in [-0.15, -0.1) is 0 Å². The molecule has 5 N–H and O–H groups in total. The number of methoxy groups -OCH3 is 1. The molecule has 0 atom stereocenters. The van der Waals surface area contributed by atoms with E-state index in [0.29, 0.717) is 22.8 Å². The van der Waals surface area contributed by atoms with Crippen molar-refractivity contribution in [3.05, 3.63) is 59.1 Å². The second kappa shape index (κ2) is 8.26. The molecule has 0 aliphatic heterocycles. The fourth-order valence-electron chi connectivity index (χ4n) is 2.20. The van der Waals surface area contributed by atoms with Gasteiger partial charge in [-0.2, -0.15) is 0 Å². The summed E-state index contributed by atoms with van der Waals surface area (Å²) in [6.07, 6.45) is 1.48. The topological polar surface area (TPSA) is 119 Å².